The number of benzene rings is 1. The third-order valence-corrected chi connectivity index (χ3v) is 4.45. The van der Waals surface area contributed by atoms with Crippen LogP contribution in [-0.2, 0) is 13.1 Å². The second-order valence-electron chi connectivity index (χ2n) is 4.81. The summed E-state index contributed by atoms with van der Waals surface area (Å²) < 4.78 is 1.97. The molecule has 0 unspecified atom stereocenters. The maximum atomic E-state index is 4.26. The van der Waals surface area contributed by atoms with Gasteiger partial charge in [0.05, 0.1) is 12.1 Å². The van der Waals surface area contributed by atoms with Crippen molar-refractivity contribution < 1.29 is 0 Å². The molecule has 3 aromatic rings. The number of nitrogens with zero attached hydrogens (tertiary/aromatic N) is 3. The molecule has 5 heteroatoms. The molecule has 0 atom stereocenters. The molecule has 2 heterocycles. The summed E-state index contributed by atoms with van der Waals surface area (Å²) in [5.74, 6) is 0. The fraction of sp³-hybridized carbons (Fsp3) is 0.333. The zero-order valence-corrected chi connectivity index (χ0v) is 12.6. The van der Waals surface area contributed by atoms with E-state index in [1.807, 2.05) is 34.2 Å². The van der Waals surface area contributed by atoms with Gasteiger partial charge in [-0.25, -0.2) is 4.68 Å². The lowest BCUT2D eigenvalue weighted by Gasteiger charge is -2.01. The van der Waals surface area contributed by atoms with Crippen LogP contribution in [0.25, 0.3) is 11.0 Å². The SMILES string of the molecule is CCNCc1cc(Cn2nnc3ccccc32)c(C)s1. The second-order valence-corrected chi connectivity index (χ2v) is 6.15. The Morgan fingerprint density at radius 2 is 2.15 bits per heavy atom. The van der Waals surface area contributed by atoms with Crippen molar-refractivity contribution in [2.24, 2.45) is 0 Å². The molecular formula is C15H18N4S. The molecule has 1 N–H and O–H groups in total. The molecule has 0 aliphatic heterocycles. The Hall–Kier alpha value is -1.72. The van der Waals surface area contributed by atoms with Crippen LogP contribution in [0.5, 0.6) is 0 Å². The number of rotatable bonds is 5. The first-order valence-electron chi connectivity index (χ1n) is 6.85. The van der Waals surface area contributed by atoms with Crippen LogP contribution in [0.15, 0.2) is 30.3 Å². The molecule has 0 aliphatic rings. The molecule has 0 radical (unpaired) electrons. The maximum absolute atomic E-state index is 4.26. The first kappa shape index (κ1) is 13.3. The van der Waals surface area contributed by atoms with Crippen LogP contribution in [-0.4, -0.2) is 21.5 Å². The van der Waals surface area contributed by atoms with Crippen LogP contribution < -0.4 is 5.32 Å². The number of hydrogen-bond donors (Lipinski definition) is 1. The number of para-hydroxylation sites is 1. The molecule has 20 heavy (non-hydrogen) atoms. The van der Waals surface area contributed by atoms with Crippen LogP contribution in [0.2, 0.25) is 0 Å². The molecule has 0 saturated heterocycles. The lowest BCUT2D eigenvalue weighted by atomic mass is 10.2. The molecule has 1 aromatic carbocycles. The van der Waals surface area contributed by atoms with E-state index in [9.17, 15) is 0 Å². The minimum absolute atomic E-state index is 0.787. The Kier molecular flexibility index (Phi) is 3.80. The maximum Gasteiger partial charge on any atom is 0.113 e. The van der Waals surface area contributed by atoms with Gasteiger partial charge in [0.1, 0.15) is 5.52 Å². The van der Waals surface area contributed by atoms with E-state index in [0.717, 1.165) is 30.7 Å². The highest BCUT2D eigenvalue weighted by molar-refractivity contribution is 7.12. The van der Waals surface area contributed by atoms with E-state index >= 15 is 0 Å². The van der Waals surface area contributed by atoms with Gasteiger partial charge in [0, 0.05) is 16.3 Å². The molecule has 104 valence electrons. The number of aryl methyl sites for hydroxylation is 1. The standard InChI is InChI=1S/C15H18N4S/c1-3-16-9-13-8-12(11(2)20-13)10-19-15-7-5-4-6-14(15)17-18-19/h4-8,16H,3,9-10H2,1-2H3. The third kappa shape index (κ3) is 2.59. The van der Waals surface area contributed by atoms with Crippen molar-refractivity contribution >= 4 is 22.4 Å². The molecular weight excluding hydrogens is 268 g/mol. The Balaban J connectivity index is 1.85. The van der Waals surface area contributed by atoms with E-state index in [2.05, 4.69) is 41.6 Å². The van der Waals surface area contributed by atoms with Gasteiger partial charge < -0.3 is 5.32 Å². The topological polar surface area (TPSA) is 42.7 Å². The van der Waals surface area contributed by atoms with Crippen LogP contribution >= 0.6 is 11.3 Å². The minimum Gasteiger partial charge on any atom is -0.312 e. The van der Waals surface area contributed by atoms with Crippen LogP contribution in [0.1, 0.15) is 22.2 Å². The molecule has 2 aromatic heterocycles. The number of fused-ring (bicyclic) bond motifs is 1. The Morgan fingerprint density at radius 1 is 1.30 bits per heavy atom. The normalized spacial score (nSPS) is 11.3. The Morgan fingerprint density at radius 3 is 3.00 bits per heavy atom. The van der Waals surface area contributed by atoms with Gasteiger partial charge in [-0.2, -0.15) is 0 Å². The number of thiophene rings is 1. The summed E-state index contributed by atoms with van der Waals surface area (Å²) in [6, 6.07) is 10.4. The summed E-state index contributed by atoms with van der Waals surface area (Å²) in [6.45, 7) is 7.03. The predicted octanol–water partition coefficient (Wildman–Crippen LogP) is 2.96. The number of aromatic nitrogens is 3. The van der Waals surface area contributed by atoms with Gasteiger partial charge in [0.15, 0.2) is 0 Å². The van der Waals surface area contributed by atoms with E-state index in [-0.39, 0.29) is 0 Å². The van der Waals surface area contributed by atoms with Gasteiger partial charge in [-0.3, -0.25) is 0 Å². The van der Waals surface area contributed by atoms with Crippen molar-refractivity contribution in [3.8, 4) is 0 Å². The van der Waals surface area contributed by atoms with Gasteiger partial charge in [-0.05, 0) is 37.2 Å². The minimum atomic E-state index is 0.787. The Labute approximate surface area is 122 Å². The van der Waals surface area contributed by atoms with E-state index in [1.54, 1.807) is 0 Å². The second kappa shape index (κ2) is 5.73. The fourth-order valence-electron chi connectivity index (χ4n) is 2.28. The van der Waals surface area contributed by atoms with Crippen molar-refractivity contribution in [2.45, 2.75) is 26.9 Å². The van der Waals surface area contributed by atoms with Crippen LogP contribution in [0, 0.1) is 6.92 Å². The largest absolute Gasteiger partial charge is 0.312 e. The lowest BCUT2D eigenvalue weighted by Crippen LogP contribution is -2.10. The van der Waals surface area contributed by atoms with Gasteiger partial charge in [0.25, 0.3) is 0 Å². The monoisotopic (exact) mass is 286 g/mol. The zero-order valence-electron chi connectivity index (χ0n) is 11.8. The lowest BCUT2D eigenvalue weighted by molar-refractivity contribution is 0.668. The van der Waals surface area contributed by atoms with E-state index in [0.29, 0.717) is 0 Å². The highest BCUT2D eigenvalue weighted by Gasteiger charge is 2.09. The highest BCUT2D eigenvalue weighted by Crippen LogP contribution is 2.23. The Bertz CT molecular complexity index is 714. The summed E-state index contributed by atoms with van der Waals surface area (Å²) in [4.78, 5) is 2.74. The van der Waals surface area contributed by atoms with Gasteiger partial charge >= 0.3 is 0 Å². The van der Waals surface area contributed by atoms with E-state index in [4.69, 9.17) is 0 Å². The van der Waals surface area contributed by atoms with E-state index < -0.39 is 0 Å². The first-order chi connectivity index (χ1) is 9.78. The van der Waals surface area contributed by atoms with Crippen molar-refractivity contribution in [3.05, 3.63) is 45.6 Å². The smallest absolute Gasteiger partial charge is 0.113 e. The summed E-state index contributed by atoms with van der Waals surface area (Å²) in [5.41, 5.74) is 3.37. The first-order valence-corrected chi connectivity index (χ1v) is 7.66. The molecule has 3 rings (SSSR count). The number of nitrogens with one attached hydrogen (secondary N) is 1. The zero-order chi connectivity index (χ0) is 13.9. The van der Waals surface area contributed by atoms with Crippen LogP contribution in [0.4, 0.5) is 0 Å². The highest BCUT2D eigenvalue weighted by atomic mass is 32.1. The van der Waals surface area contributed by atoms with E-state index in [1.165, 1.54) is 15.3 Å². The molecule has 0 aliphatic carbocycles. The summed E-state index contributed by atoms with van der Waals surface area (Å²) in [7, 11) is 0. The molecule has 4 nitrogen and oxygen atoms in total. The van der Waals surface area contributed by atoms with Gasteiger partial charge in [0.2, 0.25) is 0 Å². The average Bonchev–Trinajstić information content (AvgIpc) is 3.02. The van der Waals surface area contributed by atoms with Crippen molar-refractivity contribution in [1.82, 2.24) is 20.3 Å². The molecule has 0 saturated carbocycles. The molecule has 0 bridgehead atoms. The third-order valence-electron chi connectivity index (χ3n) is 3.36. The van der Waals surface area contributed by atoms with Gasteiger partial charge in [-0.15, -0.1) is 16.4 Å². The quantitative estimate of drug-likeness (QED) is 0.784. The molecule has 0 fully saturated rings. The summed E-state index contributed by atoms with van der Waals surface area (Å²) in [5, 5.41) is 11.8. The average molecular weight is 286 g/mol. The number of hydrogen-bond acceptors (Lipinski definition) is 4. The van der Waals surface area contributed by atoms with Crippen molar-refractivity contribution in [3.63, 3.8) is 0 Å². The summed E-state index contributed by atoms with van der Waals surface area (Å²) in [6.07, 6.45) is 0. The molecule has 0 spiro atoms. The van der Waals surface area contributed by atoms with Crippen molar-refractivity contribution in [2.75, 3.05) is 6.54 Å². The van der Waals surface area contributed by atoms with Crippen LogP contribution in [0.3, 0.4) is 0 Å². The summed E-state index contributed by atoms with van der Waals surface area (Å²) >= 11 is 1.86. The fourth-order valence-corrected chi connectivity index (χ4v) is 3.30. The molecule has 0 amide bonds. The van der Waals surface area contributed by atoms with Crippen molar-refractivity contribution in [1.29, 1.82) is 0 Å². The van der Waals surface area contributed by atoms with Gasteiger partial charge in [-0.1, -0.05) is 24.3 Å². The predicted molar refractivity (Wildman–Crippen MR) is 83.1 cm³/mol.